The molecule has 1 aromatic carbocycles. The third-order valence-electron chi connectivity index (χ3n) is 2.65. The van der Waals surface area contributed by atoms with Crippen molar-refractivity contribution in [3.05, 3.63) is 23.3 Å². The summed E-state index contributed by atoms with van der Waals surface area (Å²) in [7, 11) is 3.14. The molecule has 1 aromatic rings. The molecule has 0 amide bonds. The molecule has 4 heteroatoms. The largest absolute Gasteiger partial charge is 0.496 e. The predicted molar refractivity (Wildman–Crippen MR) is 69.4 cm³/mol. The van der Waals surface area contributed by atoms with Crippen molar-refractivity contribution in [2.75, 3.05) is 14.2 Å². The van der Waals surface area contributed by atoms with Crippen molar-refractivity contribution < 1.29 is 19.4 Å². The van der Waals surface area contributed by atoms with Gasteiger partial charge in [0.1, 0.15) is 11.5 Å². The lowest BCUT2D eigenvalue weighted by atomic mass is 9.99. The summed E-state index contributed by atoms with van der Waals surface area (Å²) >= 11 is 0. The number of ether oxygens (including phenoxy) is 2. The van der Waals surface area contributed by atoms with Crippen LogP contribution in [0, 0.1) is 5.92 Å². The molecule has 0 unspecified atom stereocenters. The maximum atomic E-state index is 10.8. The lowest BCUT2D eigenvalue weighted by molar-refractivity contribution is -0.136. The van der Waals surface area contributed by atoms with Gasteiger partial charge in [0.2, 0.25) is 0 Å². The summed E-state index contributed by atoms with van der Waals surface area (Å²) in [5, 5.41) is 8.87. The van der Waals surface area contributed by atoms with E-state index in [1.807, 2.05) is 6.07 Å². The maximum Gasteiger partial charge on any atom is 0.307 e. The third-order valence-corrected chi connectivity index (χ3v) is 2.65. The molecule has 0 aliphatic carbocycles. The van der Waals surface area contributed by atoms with Crippen LogP contribution in [0.3, 0.4) is 0 Å². The van der Waals surface area contributed by atoms with Crippen molar-refractivity contribution in [2.24, 2.45) is 5.92 Å². The Hall–Kier alpha value is -1.71. The van der Waals surface area contributed by atoms with E-state index in [9.17, 15) is 4.79 Å². The molecule has 0 aliphatic rings. The van der Waals surface area contributed by atoms with Gasteiger partial charge in [0.05, 0.1) is 20.6 Å². The average molecular weight is 252 g/mol. The highest BCUT2D eigenvalue weighted by Crippen LogP contribution is 2.30. The maximum absolute atomic E-state index is 10.8. The van der Waals surface area contributed by atoms with Crippen molar-refractivity contribution in [3.8, 4) is 11.5 Å². The number of rotatable bonds is 6. The van der Waals surface area contributed by atoms with Gasteiger partial charge >= 0.3 is 5.97 Å². The molecular formula is C14H20O4. The molecule has 0 aliphatic heterocycles. The second-order valence-corrected chi connectivity index (χ2v) is 4.64. The Morgan fingerprint density at radius 2 is 1.67 bits per heavy atom. The first kappa shape index (κ1) is 14.4. The third kappa shape index (κ3) is 3.65. The zero-order chi connectivity index (χ0) is 13.7. The molecule has 0 aromatic heterocycles. The Balaban J connectivity index is 3.18. The molecule has 0 heterocycles. The van der Waals surface area contributed by atoms with Gasteiger partial charge in [-0.15, -0.1) is 0 Å². The number of hydrogen-bond donors (Lipinski definition) is 1. The van der Waals surface area contributed by atoms with Crippen LogP contribution in [0.1, 0.15) is 25.0 Å². The van der Waals surface area contributed by atoms with Gasteiger partial charge in [-0.05, 0) is 30.0 Å². The average Bonchev–Trinajstić information content (AvgIpc) is 2.29. The molecule has 100 valence electrons. The zero-order valence-corrected chi connectivity index (χ0v) is 11.3. The van der Waals surface area contributed by atoms with Crippen molar-refractivity contribution in [2.45, 2.75) is 26.7 Å². The van der Waals surface area contributed by atoms with Crippen LogP contribution in [0.2, 0.25) is 0 Å². The molecule has 0 spiro atoms. The molecule has 0 atom stereocenters. The summed E-state index contributed by atoms with van der Waals surface area (Å²) in [5.41, 5.74) is 1.67. The van der Waals surface area contributed by atoms with Crippen molar-refractivity contribution in [1.82, 2.24) is 0 Å². The summed E-state index contributed by atoms with van der Waals surface area (Å²) in [6.07, 6.45) is 0.800. The number of carboxylic acid groups (broad SMARTS) is 1. The Labute approximate surface area is 108 Å². The van der Waals surface area contributed by atoms with Crippen LogP contribution in [-0.4, -0.2) is 25.3 Å². The van der Waals surface area contributed by atoms with Crippen LogP contribution < -0.4 is 9.47 Å². The van der Waals surface area contributed by atoms with Crippen molar-refractivity contribution in [3.63, 3.8) is 0 Å². The van der Waals surface area contributed by atoms with Gasteiger partial charge in [-0.2, -0.15) is 0 Å². The van der Waals surface area contributed by atoms with E-state index in [2.05, 4.69) is 13.8 Å². The van der Waals surface area contributed by atoms with Crippen LogP contribution in [0.4, 0.5) is 0 Å². The Morgan fingerprint density at radius 1 is 1.17 bits per heavy atom. The van der Waals surface area contributed by atoms with Crippen molar-refractivity contribution >= 4 is 5.97 Å². The molecule has 1 rings (SSSR count). The second-order valence-electron chi connectivity index (χ2n) is 4.64. The molecule has 18 heavy (non-hydrogen) atoms. The molecule has 0 radical (unpaired) electrons. The number of methoxy groups -OCH3 is 2. The topological polar surface area (TPSA) is 55.8 Å². The van der Waals surface area contributed by atoms with E-state index in [1.165, 1.54) is 0 Å². The van der Waals surface area contributed by atoms with E-state index in [0.717, 1.165) is 17.7 Å². The smallest absolute Gasteiger partial charge is 0.307 e. The highest BCUT2D eigenvalue weighted by molar-refractivity contribution is 5.72. The van der Waals surface area contributed by atoms with Crippen LogP contribution >= 0.6 is 0 Å². The Bertz CT molecular complexity index is 424. The zero-order valence-electron chi connectivity index (χ0n) is 11.3. The van der Waals surface area contributed by atoms with Gasteiger partial charge in [-0.3, -0.25) is 4.79 Å². The first-order valence-corrected chi connectivity index (χ1v) is 5.93. The lowest BCUT2D eigenvalue weighted by Gasteiger charge is -2.15. The van der Waals surface area contributed by atoms with E-state index in [1.54, 1.807) is 20.3 Å². The molecule has 0 bridgehead atoms. The van der Waals surface area contributed by atoms with Gasteiger partial charge < -0.3 is 14.6 Å². The summed E-state index contributed by atoms with van der Waals surface area (Å²) in [6, 6.07) is 3.63. The molecule has 4 nitrogen and oxygen atoms in total. The Morgan fingerprint density at radius 3 is 2.11 bits per heavy atom. The van der Waals surface area contributed by atoms with Gasteiger partial charge in [-0.25, -0.2) is 0 Å². The predicted octanol–water partition coefficient (Wildman–Crippen LogP) is 2.53. The van der Waals surface area contributed by atoms with E-state index in [0.29, 0.717) is 17.2 Å². The molecule has 0 saturated carbocycles. The van der Waals surface area contributed by atoms with Crippen LogP contribution in [0.15, 0.2) is 12.1 Å². The number of benzene rings is 1. The van der Waals surface area contributed by atoms with Crippen LogP contribution in [0.25, 0.3) is 0 Å². The quantitative estimate of drug-likeness (QED) is 0.845. The highest BCUT2D eigenvalue weighted by atomic mass is 16.5. The standard InChI is InChI=1S/C14H20O4/c1-9(2)5-10-6-13(18-4)11(8-14(15)16)7-12(10)17-3/h6-7,9H,5,8H2,1-4H3,(H,15,16). The summed E-state index contributed by atoms with van der Waals surface area (Å²) in [5.74, 6) is 0.940. The fourth-order valence-corrected chi connectivity index (χ4v) is 1.92. The molecule has 0 fully saturated rings. The minimum Gasteiger partial charge on any atom is -0.496 e. The Kier molecular flexibility index (Phi) is 5.01. The van der Waals surface area contributed by atoms with E-state index < -0.39 is 5.97 Å². The van der Waals surface area contributed by atoms with Crippen molar-refractivity contribution in [1.29, 1.82) is 0 Å². The van der Waals surface area contributed by atoms with Crippen LogP contribution in [0.5, 0.6) is 11.5 Å². The summed E-state index contributed by atoms with van der Waals surface area (Å²) in [6.45, 7) is 4.24. The first-order valence-electron chi connectivity index (χ1n) is 5.93. The lowest BCUT2D eigenvalue weighted by Crippen LogP contribution is -2.05. The van der Waals surface area contributed by atoms with Crippen LogP contribution in [-0.2, 0) is 17.6 Å². The van der Waals surface area contributed by atoms with Gasteiger partial charge in [-0.1, -0.05) is 13.8 Å². The normalized spacial score (nSPS) is 10.5. The number of aliphatic carboxylic acids is 1. The van der Waals surface area contributed by atoms with E-state index in [-0.39, 0.29) is 6.42 Å². The number of carboxylic acids is 1. The fourth-order valence-electron chi connectivity index (χ4n) is 1.92. The summed E-state index contributed by atoms with van der Waals surface area (Å²) in [4.78, 5) is 10.8. The fraction of sp³-hybridized carbons (Fsp3) is 0.500. The van der Waals surface area contributed by atoms with Gasteiger partial charge in [0.15, 0.2) is 0 Å². The van der Waals surface area contributed by atoms with Gasteiger partial charge in [0.25, 0.3) is 0 Å². The minimum atomic E-state index is -0.882. The SMILES string of the molecule is COc1cc(CC(C)C)c(OC)cc1CC(=O)O. The molecule has 0 saturated heterocycles. The first-order chi connectivity index (χ1) is 8.47. The molecule has 1 N–H and O–H groups in total. The highest BCUT2D eigenvalue weighted by Gasteiger charge is 2.14. The monoisotopic (exact) mass is 252 g/mol. The van der Waals surface area contributed by atoms with E-state index in [4.69, 9.17) is 14.6 Å². The summed E-state index contributed by atoms with van der Waals surface area (Å²) < 4.78 is 10.6. The number of hydrogen-bond acceptors (Lipinski definition) is 3. The minimum absolute atomic E-state index is 0.0680. The van der Waals surface area contributed by atoms with E-state index >= 15 is 0 Å². The van der Waals surface area contributed by atoms with Gasteiger partial charge in [0, 0.05) is 5.56 Å². The molecular weight excluding hydrogens is 232 g/mol. The second kappa shape index (κ2) is 6.28. The number of carbonyl (C=O) groups is 1.